The normalized spacial score (nSPS) is 13.2. The lowest BCUT2D eigenvalue weighted by atomic mass is 10.2. The van der Waals surface area contributed by atoms with Gasteiger partial charge in [0.2, 0.25) is 0 Å². The molecule has 0 radical (unpaired) electrons. The Bertz CT molecular complexity index is 66.3. The summed E-state index contributed by atoms with van der Waals surface area (Å²) in [7, 11) is 0. The summed E-state index contributed by atoms with van der Waals surface area (Å²) in [4.78, 5) is 9.52. The van der Waals surface area contributed by atoms with Gasteiger partial charge in [-0.05, 0) is 13.0 Å². The average Bonchev–Trinajstić information content (AvgIpc) is 1.68. The van der Waals surface area contributed by atoms with Crippen molar-refractivity contribution < 1.29 is 0 Å². The van der Waals surface area contributed by atoms with Crippen LogP contribution in [0.2, 0.25) is 0 Å². The summed E-state index contributed by atoms with van der Waals surface area (Å²) in [6.07, 6.45) is 0.672. The first-order valence-corrected chi connectivity index (χ1v) is 2.56. The van der Waals surface area contributed by atoms with Crippen LogP contribution >= 0.6 is 0 Å². The van der Waals surface area contributed by atoms with E-state index in [1.807, 2.05) is 0 Å². The predicted octanol–water partition coefficient (Wildman–Crippen LogP) is -0.571. The third-order valence-electron chi connectivity index (χ3n) is 0.847. The second-order valence-electron chi connectivity index (χ2n) is 1.65. The van der Waals surface area contributed by atoms with Crippen LogP contribution < -0.4 is 11.5 Å². The van der Waals surface area contributed by atoms with Gasteiger partial charge in [0.1, 0.15) is 0 Å². The Kier molecular flexibility index (Phi) is 4.39. The molecule has 48 valence electrons. The molecule has 0 aromatic rings. The molecule has 0 bridgehead atoms. The lowest BCUT2D eigenvalue weighted by molar-refractivity contribution is 0.630. The lowest BCUT2D eigenvalue weighted by Crippen LogP contribution is -2.26. The van der Waals surface area contributed by atoms with Crippen molar-refractivity contribution in [1.82, 2.24) is 0 Å². The number of hydrogen-bond acceptors (Lipinski definition) is 4. The fourth-order valence-corrected chi connectivity index (χ4v) is 0.401. The molecule has 1 unspecified atom stereocenters. The number of rotatable bonds is 4. The van der Waals surface area contributed by atoms with E-state index in [-0.39, 0.29) is 12.6 Å². The molecule has 0 saturated carbocycles. The predicted molar refractivity (Wildman–Crippen MR) is 32.3 cm³/mol. The molecule has 4 N–H and O–H groups in total. The van der Waals surface area contributed by atoms with Crippen molar-refractivity contribution in [3.63, 3.8) is 0 Å². The Labute approximate surface area is 48.2 Å². The number of nitroso groups, excluding NO2 is 1. The van der Waals surface area contributed by atoms with Crippen molar-refractivity contribution in [3.8, 4) is 0 Å². The fourth-order valence-electron chi connectivity index (χ4n) is 0.401. The Morgan fingerprint density at radius 1 is 1.62 bits per heavy atom. The van der Waals surface area contributed by atoms with Gasteiger partial charge in [-0.25, -0.2) is 0 Å². The first kappa shape index (κ1) is 7.52. The van der Waals surface area contributed by atoms with Gasteiger partial charge < -0.3 is 11.5 Å². The smallest absolute Gasteiger partial charge is 0.0962 e. The van der Waals surface area contributed by atoms with Gasteiger partial charge in [0.05, 0.1) is 6.54 Å². The molecule has 0 heterocycles. The zero-order chi connectivity index (χ0) is 6.41. The Morgan fingerprint density at radius 3 is 2.62 bits per heavy atom. The molecule has 0 rings (SSSR count). The summed E-state index contributed by atoms with van der Waals surface area (Å²) in [5.74, 6) is 0. The van der Waals surface area contributed by atoms with Gasteiger partial charge in [0, 0.05) is 6.04 Å². The largest absolute Gasteiger partial charge is 0.330 e. The summed E-state index contributed by atoms with van der Waals surface area (Å²) < 4.78 is 0. The first-order valence-electron chi connectivity index (χ1n) is 2.56. The molecule has 1 atom stereocenters. The van der Waals surface area contributed by atoms with Crippen molar-refractivity contribution in [2.45, 2.75) is 12.5 Å². The molecule has 0 aromatic carbocycles. The van der Waals surface area contributed by atoms with Crippen LogP contribution in [0.25, 0.3) is 0 Å². The molecule has 0 spiro atoms. The van der Waals surface area contributed by atoms with Gasteiger partial charge >= 0.3 is 0 Å². The minimum absolute atomic E-state index is 0.141. The van der Waals surface area contributed by atoms with Gasteiger partial charge in [-0.2, -0.15) is 4.91 Å². The maximum atomic E-state index is 9.52. The molecule has 0 aromatic heterocycles. The van der Waals surface area contributed by atoms with Crippen LogP contribution in [-0.2, 0) is 0 Å². The zero-order valence-corrected chi connectivity index (χ0v) is 4.71. The highest BCUT2D eigenvalue weighted by molar-refractivity contribution is 4.62. The second kappa shape index (κ2) is 4.67. The van der Waals surface area contributed by atoms with Gasteiger partial charge in [-0.15, -0.1) is 0 Å². The highest BCUT2D eigenvalue weighted by Gasteiger charge is 1.97. The van der Waals surface area contributed by atoms with E-state index in [0.29, 0.717) is 13.0 Å². The molecular formula is C4H11N3O. The Balaban J connectivity index is 3.03. The van der Waals surface area contributed by atoms with E-state index in [2.05, 4.69) is 5.18 Å². The van der Waals surface area contributed by atoms with E-state index in [0.717, 1.165) is 0 Å². The van der Waals surface area contributed by atoms with Crippen LogP contribution in [0, 0.1) is 4.91 Å². The molecule has 4 heteroatoms. The maximum Gasteiger partial charge on any atom is 0.0962 e. The van der Waals surface area contributed by atoms with Gasteiger partial charge in [-0.1, -0.05) is 5.18 Å². The van der Waals surface area contributed by atoms with E-state index in [1.165, 1.54) is 0 Å². The van der Waals surface area contributed by atoms with E-state index < -0.39 is 0 Å². The van der Waals surface area contributed by atoms with Gasteiger partial charge in [0.25, 0.3) is 0 Å². The minimum atomic E-state index is -0.141. The molecule has 4 nitrogen and oxygen atoms in total. The summed E-state index contributed by atoms with van der Waals surface area (Å²) in [5.41, 5.74) is 10.5. The Morgan fingerprint density at radius 2 is 2.25 bits per heavy atom. The van der Waals surface area contributed by atoms with E-state index >= 15 is 0 Å². The first-order chi connectivity index (χ1) is 3.81. The average molecular weight is 117 g/mol. The molecule has 0 aliphatic carbocycles. The molecule has 0 saturated heterocycles. The van der Waals surface area contributed by atoms with E-state index in [4.69, 9.17) is 11.5 Å². The highest BCUT2D eigenvalue weighted by atomic mass is 16.3. The lowest BCUT2D eigenvalue weighted by Gasteiger charge is -2.01. The molecule has 0 aliphatic rings. The van der Waals surface area contributed by atoms with Crippen LogP contribution in [0.4, 0.5) is 0 Å². The van der Waals surface area contributed by atoms with Crippen molar-refractivity contribution in [2.24, 2.45) is 16.6 Å². The van der Waals surface area contributed by atoms with Crippen molar-refractivity contribution in [3.05, 3.63) is 4.91 Å². The standard InChI is InChI=1S/C4H11N3O/c5-2-1-4(6)3-7-8/h4H,1-3,5-6H2. The summed E-state index contributed by atoms with van der Waals surface area (Å²) in [6, 6.07) is -0.141. The number of nitrogens with two attached hydrogens (primary N) is 2. The Hall–Kier alpha value is -0.480. The van der Waals surface area contributed by atoms with Crippen LogP contribution in [0.15, 0.2) is 5.18 Å². The van der Waals surface area contributed by atoms with Crippen LogP contribution in [0.1, 0.15) is 6.42 Å². The topological polar surface area (TPSA) is 81.5 Å². The third-order valence-corrected chi connectivity index (χ3v) is 0.847. The van der Waals surface area contributed by atoms with Crippen LogP contribution in [0.3, 0.4) is 0 Å². The molecular weight excluding hydrogens is 106 g/mol. The van der Waals surface area contributed by atoms with Crippen molar-refractivity contribution in [2.75, 3.05) is 13.1 Å². The second-order valence-corrected chi connectivity index (χ2v) is 1.65. The highest BCUT2D eigenvalue weighted by Crippen LogP contribution is 1.83. The summed E-state index contributed by atoms with van der Waals surface area (Å²) >= 11 is 0. The SMILES string of the molecule is NCCC(N)CN=O. The van der Waals surface area contributed by atoms with Crippen molar-refractivity contribution >= 4 is 0 Å². The van der Waals surface area contributed by atoms with Crippen LogP contribution in [0.5, 0.6) is 0 Å². The quantitative estimate of drug-likeness (QED) is 0.484. The summed E-state index contributed by atoms with van der Waals surface area (Å²) in [6.45, 7) is 0.702. The third kappa shape index (κ3) is 3.70. The van der Waals surface area contributed by atoms with Gasteiger partial charge in [-0.3, -0.25) is 0 Å². The molecule has 0 amide bonds. The fraction of sp³-hybridized carbons (Fsp3) is 1.00. The van der Waals surface area contributed by atoms with Crippen molar-refractivity contribution in [1.29, 1.82) is 0 Å². The van der Waals surface area contributed by atoms with Crippen LogP contribution in [-0.4, -0.2) is 19.1 Å². The summed E-state index contributed by atoms with van der Waals surface area (Å²) in [5, 5.41) is 2.62. The molecule has 8 heavy (non-hydrogen) atoms. The van der Waals surface area contributed by atoms with E-state index in [9.17, 15) is 4.91 Å². The maximum absolute atomic E-state index is 9.52. The zero-order valence-electron chi connectivity index (χ0n) is 4.71. The number of nitrogens with zero attached hydrogens (tertiary/aromatic N) is 1. The van der Waals surface area contributed by atoms with Gasteiger partial charge in [0.15, 0.2) is 0 Å². The molecule has 0 aliphatic heterocycles. The minimum Gasteiger partial charge on any atom is -0.330 e. The number of hydrogen-bond donors (Lipinski definition) is 2. The van der Waals surface area contributed by atoms with E-state index in [1.54, 1.807) is 0 Å². The monoisotopic (exact) mass is 117 g/mol. The molecule has 0 fully saturated rings.